The second-order valence-corrected chi connectivity index (χ2v) is 6.55. The van der Waals surface area contributed by atoms with E-state index in [0.717, 1.165) is 36.2 Å². The minimum Gasteiger partial charge on any atom is -0.373 e. The monoisotopic (exact) mass is 375 g/mol. The summed E-state index contributed by atoms with van der Waals surface area (Å²) in [6, 6.07) is 12.7. The van der Waals surface area contributed by atoms with Crippen molar-refractivity contribution in [3.8, 4) is 23.0 Å². The van der Waals surface area contributed by atoms with Crippen LogP contribution in [0, 0.1) is 18.3 Å². The zero-order valence-electron chi connectivity index (χ0n) is 15.8. The number of anilines is 1. The van der Waals surface area contributed by atoms with Gasteiger partial charge in [0.05, 0.1) is 29.1 Å². The number of nitrogens with zero attached hydrogens (tertiary/aromatic N) is 4. The van der Waals surface area contributed by atoms with Crippen LogP contribution in [0.15, 0.2) is 47.4 Å². The molecule has 0 radical (unpaired) electrons. The average Bonchev–Trinajstić information content (AvgIpc) is 3.02. The van der Waals surface area contributed by atoms with E-state index < -0.39 is 0 Å². The van der Waals surface area contributed by atoms with Gasteiger partial charge in [-0.3, -0.25) is 9.89 Å². The summed E-state index contributed by atoms with van der Waals surface area (Å²) >= 11 is 0. The van der Waals surface area contributed by atoms with Gasteiger partial charge in [-0.15, -0.1) is 0 Å². The van der Waals surface area contributed by atoms with Crippen LogP contribution in [-0.4, -0.2) is 34.6 Å². The first-order valence-corrected chi connectivity index (χ1v) is 8.98. The molecule has 2 heterocycles. The first-order chi connectivity index (χ1) is 13.5. The number of aromatic amines is 1. The van der Waals surface area contributed by atoms with Crippen molar-refractivity contribution in [1.29, 1.82) is 5.26 Å². The average molecular weight is 375 g/mol. The molecule has 7 heteroatoms. The molecule has 0 aliphatic heterocycles. The number of pyridine rings is 1. The maximum absolute atomic E-state index is 12.9. The molecule has 0 aliphatic carbocycles. The summed E-state index contributed by atoms with van der Waals surface area (Å²) in [5.74, 6) is 0.498. The highest BCUT2D eigenvalue weighted by molar-refractivity contribution is 5.66. The fourth-order valence-corrected chi connectivity index (χ4v) is 3.04. The maximum atomic E-state index is 12.9. The lowest BCUT2D eigenvalue weighted by Gasteiger charge is -2.18. The highest BCUT2D eigenvalue weighted by Gasteiger charge is 2.15. The SMILES string of the molecule is Cc1[nH]n(-c2ccc(N(C)CCCC=O)cn2)c(=O)c1-c1ccc(C#N)cc1. The van der Waals surface area contributed by atoms with Crippen molar-refractivity contribution in [2.45, 2.75) is 19.8 Å². The van der Waals surface area contributed by atoms with Gasteiger partial charge < -0.3 is 9.69 Å². The van der Waals surface area contributed by atoms with Crippen LogP contribution in [-0.2, 0) is 4.79 Å². The third-order valence-corrected chi connectivity index (χ3v) is 4.59. The number of aryl methyl sites for hydroxylation is 1. The minimum atomic E-state index is -0.193. The molecule has 0 spiro atoms. The van der Waals surface area contributed by atoms with Crippen molar-refractivity contribution < 1.29 is 4.79 Å². The maximum Gasteiger partial charge on any atom is 0.280 e. The van der Waals surface area contributed by atoms with Gasteiger partial charge in [-0.2, -0.15) is 5.26 Å². The van der Waals surface area contributed by atoms with E-state index in [-0.39, 0.29) is 5.56 Å². The van der Waals surface area contributed by atoms with Gasteiger partial charge in [0.25, 0.3) is 5.56 Å². The highest BCUT2D eigenvalue weighted by atomic mass is 16.1. The molecule has 0 saturated carbocycles. The van der Waals surface area contributed by atoms with Crippen molar-refractivity contribution >= 4 is 12.0 Å². The number of hydrogen-bond donors (Lipinski definition) is 1. The van der Waals surface area contributed by atoms with Gasteiger partial charge in [0.2, 0.25) is 0 Å². The molecule has 0 saturated heterocycles. The van der Waals surface area contributed by atoms with Crippen LogP contribution >= 0.6 is 0 Å². The van der Waals surface area contributed by atoms with Gasteiger partial charge in [-0.25, -0.2) is 9.67 Å². The van der Waals surface area contributed by atoms with Crippen LogP contribution in [0.5, 0.6) is 0 Å². The van der Waals surface area contributed by atoms with E-state index in [1.54, 1.807) is 36.5 Å². The molecule has 0 atom stereocenters. The Kier molecular flexibility index (Phi) is 5.70. The smallest absolute Gasteiger partial charge is 0.280 e. The number of H-pyrrole nitrogens is 1. The topological polar surface area (TPSA) is 94.8 Å². The molecule has 0 amide bonds. The summed E-state index contributed by atoms with van der Waals surface area (Å²) in [5, 5.41) is 12.0. The van der Waals surface area contributed by atoms with E-state index in [2.05, 4.69) is 16.2 Å². The summed E-state index contributed by atoms with van der Waals surface area (Å²) in [7, 11) is 1.94. The van der Waals surface area contributed by atoms with Crippen LogP contribution in [0.25, 0.3) is 16.9 Å². The van der Waals surface area contributed by atoms with Crippen molar-refractivity contribution in [2.24, 2.45) is 0 Å². The third-order valence-electron chi connectivity index (χ3n) is 4.59. The third kappa shape index (κ3) is 3.86. The fourth-order valence-electron chi connectivity index (χ4n) is 3.04. The number of rotatable bonds is 7. The van der Waals surface area contributed by atoms with Crippen LogP contribution in [0.4, 0.5) is 5.69 Å². The Morgan fingerprint density at radius 3 is 2.61 bits per heavy atom. The summed E-state index contributed by atoms with van der Waals surface area (Å²) in [4.78, 5) is 29.8. The zero-order chi connectivity index (χ0) is 20.1. The Balaban J connectivity index is 1.87. The van der Waals surface area contributed by atoms with Gasteiger partial charge >= 0.3 is 0 Å². The summed E-state index contributed by atoms with van der Waals surface area (Å²) in [6.07, 6.45) is 3.94. The van der Waals surface area contributed by atoms with E-state index in [1.165, 1.54) is 4.68 Å². The molecule has 0 unspecified atom stereocenters. The van der Waals surface area contributed by atoms with Crippen LogP contribution in [0.3, 0.4) is 0 Å². The molecule has 7 nitrogen and oxygen atoms in total. The number of aromatic nitrogens is 3. The van der Waals surface area contributed by atoms with E-state index in [0.29, 0.717) is 23.4 Å². The number of benzene rings is 1. The van der Waals surface area contributed by atoms with Crippen LogP contribution in [0.2, 0.25) is 0 Å². The second kappa shape index (κ2) is 8.35. The quantitative estimate of drug-likeness (QED) is 0.506. The van der Waals surface area contributed by atoms with Crippen molar-refractivity contribution in [2.75, 3.05) is 18.5 Å². The lowest BCUT2D eigenvalue weighted by Crippen LogP contribution is -2.20. The van der Waals surface area contributed by atoms with Crippen molar-refractivity contribution in [3.63, 3.8) is 0 Å². The van der Waals surface area contributed by atoms with Gasteiger partial charge in [0.1, 0.15) is 6.29 Å². The van der Waals surface area contributed by atoms with Crippen molar-refractivity contribution in [3.05, 3.63) is 64.2 Å². The lowest BCUT2D eigenvalue weighted by atomic mass is 10.1. The number of nitrogens with one attached hydrogen (secondary N) is 1. The Morgan fingerprint density at radius 2 is 2.00 bits per heavy atom. The van der Waals surface area contributed by atoms with Crippen molar-refractivity contribution in [1.82, 2.24) is 14.8 Å². The van der Waals surface area contributed by atoms with Gasteiger partial charge in [-0.1, -0.05) is 12.1 Å². The first kappa shape index (κ1) is 19.1. The van der Waals surface area contributed by atoms with E-state index >= 15 is 0 Å². The molecule has 2 aromatic heterocycles. The number of hydrogen-bond acceptors (Lipinski definition) is 5. The molecule has 142 valence electrons. The predicted molar refractivity (Wildman–Crippen MR) is 108 cm³/mol. The van der Waals surface area contributed by atoms with E-state index in [1.807, 2.05) is 24.9 Å². The Hall–Kier alpha value is -3.66. The largest absolute Gasteiger partial charge is 0.373 e. The highest BCUT2D eigenvalue weighted by Crippen LogP contribution is 2.20. The molecule has 1 N–H and O–H groups in total. The van der Waals surface area contributed by atoms with Crippen LogP contribution in [0.1, 0.15) is 24.1 Å². The first-order valence-electron chi connectivity index (χ1n) is 8.98. The summed E-state index contributed by atoms with van der Waals surface area (Å²) < 4.78 is 1.42. The molecular formula is C21H21N5O2. The standard InChI is InChI=1S/C21H21N5O2/c1-15-20(17-7-5-16(13-22)6-8-17)21(28)26(24-15)19-10-9-18(14-23-19)25(2)11-3-4-12-27/h5-10,12,14,24H,3-4,11H2,1-2H3. The number of carbonyl (C=O) groups is 1. The minimum absolute atomic E-state index is 0.193. The molecule has 28 heavy (non-hydrogen) atoms. The summed E-state index contributed by atoms with van der Waals surface area (Å²) in [6.45, 7) is 2.59. The van der Waals surface area contributed by atoms with Gasteiger partial charge in [0.15, 0.2) is 5.82 Å². The molecular weight excluding hydrogens is 354 g/mol. The van der Waals surface area contributed by atoms with E-state index in [4.69, 9.17) is 5.26 Å². The van der Waals surface area contributed by atoms with Crippen LogP contribution < -0.4 is 10.5 Å². The molecule has 3 aromatic rings. The van der Waals surface area contributed by atoms with E-state index in [9.17, 15) is 9.59 Å². The Morgan fingerprint density at radius 1 is 1.25 bits per heavy atom. The lowest BCUT2D eigenvalue weighted by molar-refractivity contribution is -0.107. The Bertz CT molecular complexity index is 1060. The molecule has 0 bridgehead atoms. The normalized spacial score (nSPS) is 10.5. The zero-order valence-corrected chi connectivity index (χ0v) is 15.8. The van der Waals surface area contributed by atoms with Gasteiger partial charge in [0, 0.05) is 25.7 Å². The van der Waals surface area contributed by atoms with Gasteiger partial charge in [-0.05, 0) is 43.2 Å². The number of aldehydes is 1. The predicted octanol–water partition coefficient (Wildman–Crippen LogP) is 2.82. The summed E-state index contributed by atoms with van der Waals surface area (Å²) in [5.41, 5.74) is 3.31. The Labute approximate surface area is 162 Å². The second-order valence-electron chi connectivity index (χ2n) is 6.55. The number of nitriles is 1. The molecule has 0 aliphatic rings. The fraction of sp³-hybridized carbons (Fsp3) is 0.238. The molecule has 1 aromatic carbocycles. The number of unbranched alkanes of at least 4 members (excludes halogenated alkanes) is 1. The number of carbonyl (C=O) groups excluding carboxylic acids is 1. The molecule has 0 fully saturated rings. The molecule has 3 rings (SSSR count).